The van der Waals surface area contributed by atoms with Gasteiger partial charge < -0.3 is 10.2 Å². The molecule has 118 valence electrons. The molecule has 2 aliphatic rings. The summed E-state index contributed by atoms with van der Waals surface area (Å²) in [6.07, 6.45) is 11.2. The first-order chi connectivity index (χ1) is 9.85. The Hall–Kier alpha value is -0.120. The van der Waals surface area contributed by atoms with Crippen LogP contribution in [0.5, 0.6) is 0 Å². The average Bonchev–Trinajstić information content (AvgIpc) is 2.71. The molecule has 1 N–H and O–H groups in total. The van der Waals surface area contributed by atoms with E-state index >= 15 is 0 Å². The fourth-order valence-electron chi connectivity index (χ4n) is 4.13. The lowest BCUT2D eigenvalue weighted by molar-refractivity contribution is 0.0801. The Morgan fingerprint density at radius 3 is 2.70 bits per heavy atom. The Labute approximate surface area is 126 Å². The number of nitrogens with zero attached hydrogens (tertiary/aromatic N) is 2. The second-order valence-electron chi connectivity index (χ2n) is 6.71. The van der Waals surface area contributed by atoms with Crippen LogP contribution < -0.4 is 5.32 Å². The number of rotatable bonds is 6. The van der Waals surface area contributed by atoms with Crippen molar-refractivity contribution in [1.29, 1.82) is 0 Å². The van der Waals surface area contributed by atoms with E-state index in [9.17, 15) is 0 Å². The molecule has 0 aliphatic carbocycles. The molecule has 0 saturated carbocycles. The van der Waals surface area contributed by atoms with Crippen molar-refractivity contribution < 1.29 is 0 Å². The lowest BCUT2D eigenvalue weighted by Crippen LogP contribution is -2.47. The van der Waals surface area contributed by atoms with Crippen LogP contribution in [0.15, 0.2) is 0 Å². The third kappa shape index (κ3) is 4.71. The normalized spacial score (nSPS) is 30.3. The van der Waals surface area contributed by atoms with Gasteiger partial charge in [0.1, 0.15) is 0 Å². The largest absolute Gasteiger partial charge is 0.320 e. The molecule has 0 aromatic heterocycles. The minimum Gasteiger partial charge on any atom is -0.320 e. The van der Waals surface area contributed by atoms with Crippen molar-refractivity contribution in [1.82, 2.24) is 15.1 Å². The number of nitrogens with one attached hydrogen (secondary N) is 1. The maximum absolute atomic E-state index is 3.34. The van der Waals surface area contributed by atoms with Gasteiger partial charge in [0.05, 0.1) is 0 Å². The zero-order valence-corrected chi connectivity index (χ0v) is 13.7. The Morgan fingerprint density at radius 2 is 1.90 bits per heavy atom. The van der Waals surface area contributed by atoms with E-state index in [2.05, 4.69) is 29.1 Å². The fraction of sp³-hybridized carbons (Fsp3) is 1.00. The average molecular weight is 281 g/mol. The van der Waals surface area contributed by atoms with E-state index in [0.717, 1.165) is 12.1 Å². The summed E-state index contributed by atoms with van der Waals surface area (Å²) in [7, 11) is 2.08. The molecule has 3 heteroatoms. The summed E-state index contributed by atoms with van der Waals surface area (Å²) in [5.41, 5.74) is 0. The van der Waals surface area contributed by atoms with Crippen molar-refractivity contribution in [3.63, 3.8) is 0 Å². The first-order valence-corrected chi connectivity index (χ1v) is 8.97. The topological polar surface area (TPSA) is 18.5 Å². The van der Waals surface area contributed by atoms with Gasteiger partial charge in [0.15, 0.2) is 0 Å². The van der Waals surface area contributed by atoms with Crippen molar-refractivity contribution in [3.8, 4) is 0 Å². The molecule has 2 heterocycles. The molecular formula is C17H35N3. The van der Waals surface area contributed by atoms with Gasteiger partial charge in [-0.2, -0.15) is 0 Å². The van der Waals surface area contributed by atoms with Crippen LogP contribution >= 0.6 is 0 Å². The molecule has 2 unspecified atom stereocenters. The molecule has 2 atom stereocenters. The Kier molecular flexibility index (Phi) is 7.32. The Balaban J connectivity index is 1.87. The molecule has 0 aromatic rings. The van der Waals surface area contributed by atoms with E-state index in [-0.39, 0.29) is 0 Å². The maximum Gasteiger partial charge on any atom is 0.0111 e. The lowest BCUT2D eigenvalue weighted by Gasteiger charge is -2.41. The summed E-state index contributed by atoms with van der Waals surface area (Å²) >= 11 is 0. The molecule has 0 spiro atoms. The summed E-state index contributed by atoms with van der Waals surface area (Å²) in [4.78, 5) is 5.57. The SMILES string of the molecule is CCCN1CCCC(N2CCCCC2CCNC)CC1. The Bertz CT molecular complexity index is 257. The molecule has 2 aliphatic heterocycles. The van der Waals surface area contributed by atoms with E-state index < -0.39 is 0 Å². The van der Waals surface area contributed by atoms with Crippen molar-refractivity contribution >= 4 is 0 Å². The molecule has 20 heavy (non-hydrogen) atoms. The summed E-state index contributed by atoms with van der Waals surface area (Å²) in [6, 6.07) is 1.71. The minimum absolute atomic E-state index is 0.846. The smallest absolute Gasteiger partial charge is 0.0111 e. The fourth-order valence-corrected chi connectivity index (χ4v) is 4.13. The van der Waals surface area contributed by atoms with Crippen LogP contribution in [-0.2, 0) is 0 Å². The minimum atomic E-state index is 0.846. The molecule has 0 amide bonds. The number of piperidine rings is 1. The van der Waals surface area contributed by atoms with E-state index in [1.165, 1.54) is 84.1 Å². The number of likely N-dealkylation sites (tertiary alicyclic amines) is 2. The van der Waals surface area contributed by atoms with Gasteiger partial charge in [0, 0.05) is 12.1 Å². The summed E-state index contributed by atoms with van der Waals surface area (Å²) in [5.74, 6) is 0. The van der Waals surface area contributed by atoms with E-state index in [1.807, 2.05) is 0 Å². The quantitative estimate of drug-likeness (QED) is 0.807. The van der Waals surface area contributed by atoms with Crippen LogP contribution in [0.4, 0.5) is 0 Å². The van der Waals surface area contributed by atoms with E-state index in [1.54, 1.807) is 0 Å². The number of hydrogen-bond donors (Lipinski definition) is 1. The predicted molar refractivity (Wildman–Crippen MR) is 87.3 cm³/mol. The van der Waals surface area contributed by atoms with Gasteiger partial charge in [-0.3, -0.25) is 4.90 Å². The van der Waals surface area contributed by atoms with Gasteiger partial charge in [-0.05, 0) is 84.7 Å². The molecular weight excluding hydrogens is 246 g/mol. The van der Waals surface area contributed by atoms with Crippen LogP contribution in [-0.4, -0.2) is 61.7 Å². The van der Waals surface area contributed by atoms with Gasteiger partial charge in [-0.25, -0.2) is 0 Å². The number of hydrogen-bond acceptors (Lipinski definition) is 3. The van der Waals surface area contributed by atoms with Crippen molar-refractivity contribution in [2.45, 2.75) is 70.4 Å². The van der Waals surface area contributed by atoms with Crippen LogP contribution in [0.2, 0.25) is 0 Å². The predicted octanol–water partition coefficient (Wildman–Crippen LogP) is 2.71. The van der Waals surface area contributed by atoms with Gasteiger partial charge in [-0.15, -0.1) is 0 Å². The third-order valence-corrected chi connectivity index (χ3v) is 5.20. The van der Waals surface area contributed by atoms with E-state index in [4.69, 9.17) is 0 Å². The first-order valence-electron chi connectivity index (χ1n) is 8.97. The second-order valence-corrected chi connectivity index (χ2v) is 6.71. The van der Waals surface area contributed by atoms with Crippen LogP contribution in [0.1, 0.15) is 58.3 Å². The van der Waals surface area contributed by atoms with Crippen LogP contribution in [0, 0.1) is 0 Å². The van der Waals surface area contributed by atoms with Crippen molar-refractivity contribution in [2.24, 2.45) is 0 Å². The second kappa shape index (κ2) is 9.01. The highest BCUT2D eigenvalue weighted by Gasteiger charge is 2.29. The summed E-state index contributed by atoms with van der Waals surface area (Å²) in [5, 5.41) is 3.34. The molecule has 3 nitrogen and oxygen atoms in total. The highest BCUT2D eigenvalue weighted by molar-refractivity contribution is 4.85. The lowest BCUT2D eigenvalue weighted by atomic mass is 9.94. The molecule has 0 bridgehead atoms. The monoisotopic (exact) mass is 281 g/mol. The molecule has 0 radical (unpaired) electrons. The van der Waals surface area contributed by atoms with Crippen LogP contribution in [0.3, 0.4) is 0 Å². The third-order valence-electron chi connectivity index (χ3n) is 5.20. The van der Waals surface area contributed by atoms with Crippen molar-refractivity contribution in [2.75, 3.05) is 39.8 Å². The molecule has 2 saturated heterocycles. The van der Waals surface area contributed by atoms with Crippen LogP contribution in [0.25, 0.3) is 0 Å². The van der Waals surface area contributed by atoms with Gasteiger partial charge in [-0.1, -0.05) is 13.3 Å². The zero-order valence-electron chi connectivity index (χ0n) is 13.7. The molecule has 2 fully saturated rings. The summed E-state index contributed by atoms with van der Waals surface area (Å²) in [6.45, 7) is 8.80. The van der Waals surface area contributed by atoms with E-state index in [0.29, 0.717) is 0 Å². The standard InChI is InChI=1S/C17H35N3/c1-3-12-19-13-6-8-17(10-15-19)20-14-5-4-7-16(20)9-11-18-2/h16-18H,3-15H2,1-2H3. The first kappa shape index (κ1) is 16.3. The molecule has 0 aromatic carbocycles. The highest BCUT2D eigenvalue weighted by Crippen LogP contribution is 2.26. The van der Waals surface area contributed by atoms with Gasteiger partial charge in [0.25, 0.3) is 0 Å². The maximum atomic E-state index is 3.34. The molecule has 2 rings (SSSR count). The Morgan fingerprint density at radius 1 is 1.00 bits per heavy atom. The van der Waals surface area contributed by atoms with Crippen molar-refractivity contribution in [3.05, 3.63) is 0 Å². The highest BCUT2D eigenvalue weighted by atomic mass is 15.2. The summed E-state index contributed by atoms with van der Waals surface area (Å²) < 4.78 is 0. The zero-order chi connectivity index (χ0) is 14.2. The van der Waals surface area contributed by atoms with Gasteiger partial charge >= 0.3 is 0 Å². The van der Waals surface area contributed by atoms with Gasteiger partial charge in [0.2, 0.25) is 0 Å².